The minimum atomic E-state index is -0.811. The number of carboxylic acids is 1. The third-order valence-electron chi connectivity index (χ3n) is 2.76. The van der Waals surface area contributed by atoms with Crippen molar-refractivity contribution < 1.29 is 9.90 Å². The number of nitrogens with one attached hydrogen (secondary N) is 1. The maximum absolute atomic E-state index is 11.1. The van der Waals surface area contributed by atoms with Gasteiger partial charge in [0.15, 0.2) is 0 Å². The van der Waals surface area contributed by atoms with Crippen LogP contribution in [0.4, 0.5) is 0 Å². The van der Waals surface area contributed by atoms with E-state index in [2.05, 4.69) is 11.9 Å². The standard InChI is InChI=1S/C14H19NO2/c1-3-9-15-13(14(16)17)10-11(2)12-7-5-4-6-8-12/h3-8,11,13,15H,1,9-10H2,2H3,(H,16,17). The summed E-state index contributed by atoms with van der Waals surface area (Å²) in [7, 11) is 0. The fourth-order valence-corrected chi connectivity index (χ4v) is 1.77. The van der Waals surface area contributed by atoms with Gasteiger partial charge in [0.2, 0.25) is 0 Å². The molecular weight excluding hydrogens is 214 g/mol. The molecule has 0 aliphatic rings. The molecule has 0 aromatic heterocycles. The van der Waals surface area contributed by atoms with Crippen LogP contribution in [0.3, 0.4) is 0 Å². The molecular formula is C14H19NO2. The van der Waals surface area contributed by atoms with Crippen LogP contribution in [-0.4, -0.2) is 23.7 Å². The summed E-state index contributed by atoms with van der Waals surface area (Å²) in [5, 5.41) is 12.1. The van der Waals surface area contributed by atoms with Crippen molar-refractivity contribution >= 4 is 5.97 Å². The Morgan fingerprint density at radius 1 is 1.47 bits per heavy atom. The van der Waals surface area contributed by atoms with Crippen LogP contribution in [-0.2, 0) is 4.79 Å². The molecule has 2 unspecified atom stereocenters. The van der Waals surface area contributed by atoms with Crippen LogP contribution in [0.25, 0.3) is 0 Å². The Bertz CT molecular complexity index is 362. The van der Waals surface area contributed by atoms with E-state index in [1.165, 1.54) is 5.56 Å². The summed E-state index contributed by atoms with van der Waals surface area (Å²) in [6.07, 6.45) is 2.25. The molecule has 0 aliphatic carbocycles. The highest BCUT2D eigenvalue weighted by molar-refractivity contribution is 5.73. The van der Waals surface area contributed by atoms with Crippen LogP contribution in [0.15, 0.2) is 43.0 Å². The van der Waals surface area contributed by atoms with E-state index in [4.69, 9.17) is 5.11 Å². The second kappa shape index (κ2) is 6.86. The largest absolute Gasteiger partial charge is 0.480 e. The minimum Gasteiger partial charge on any atom is -0.480 e. The van der Waals surface area contributed by atoms with Crippen LogP contribution in [0, 0.1) is 0 Å². The van der Waals surface area contributed by atoms with Gasteiger partial charge in [-0.1, -0.05) is 43.3 Å². The zero-order valence-corrected chi connectivity index (χ0v) is 10.1. The zero-order valence-electron chi connectivity index (χ0n) is 10.1. The van der Waals surface area contributed by atoms with Crippen LogP contribution >= 0.6 is 0 Å². The zero-order chi connectivity index (χ0) is 12.7. The molecule has 0 aliphatic heterocycles. The maximum Gasteiger partial charge on any atom is 0.320 e. The van der Waals surface area contributed by atoms with Gasteiger partial charge >= 0.3 is 5.97 Å². The van der Waals surface area contributed by atoms with Crippen LogP contribution in [0.5, 0.6) is 0 Å². The van der Waals surface area contributed by atoms with Gasteiger partial charge < -0.3 is 10.4 Å². The predicted octanol–water partition coefficient (Wildman–Crippen LogP) is 2.41. The predicted molar refractivity (Wildman–Crippen MR) is 69.1 cm³/mol. The third-order valence-corrected chi connectivity index (χ3v) is 2.76. The minimum absolute atomic E-state index is 0.217. The molecule has 0 saturated heterocycles. The van der Waals surface area contributed by atoms with Crippen molar-refractivity contribution in [3.63, 3.8) is 0 Å². The number of carbonyl (C=O) groups is 1. The molecule has 0 saturated carbocycles. The molecule has 92 valence electrons. The normalized spacial score (nSPS) is 13.9. The lowest BCUT2D eigenvalue weighted by Gasteiger charge is -2.18. The van der Waals surface area contributed by atoms with E-state index in [9.17, 15) is 4.79 Å². The van der Waals surface area contributed by atoms with Crippen LogP contribution in [0.1, 0.15) is 24.8 Å². The Hall–Kier alpha value is -1.61. The molecule has 0 bridgehead atoms. The molecule has 3 nitrogen and oxygen atoms in total. The lowest BCUT2D eigenvalue weighted by Crippen LogP contribution is -2.37. The van der Waals surface area contributed by atoms with E-state index in [1.807, 2.05) is 37.3 Å². The molecule has 2 N–H and O–H groups in total. The summed E-state index contributed by atoms with van der Waals surface area (Å²) in [5.74, 6) is -0.593. The summed E-state index contributed by atoms with van der Waals surface area (Å²) in [5.41, 5.74) is 1.17. The van der Waals surface area contributed by atoms with Gasteiger partial charge in [0.05, 0.1) is 0 Å². The highest BCUT2D eigenvalue weighted by Gasteiger charge is 2.19. The summed E-state index contributed by atoms with van der Waals surface area (Å²) < 4.78 is 0. The fraction of sp³-hybridized carbons (Fsp3) is 0.357. The van der Waals surface area contributed by atoms with E-state index in [1.54, 1.807) is 6.08 Å². The number of hydrogen-bond acceptors (Lipinski definition) is 2. The van der Waals surface area contributed by atoms with E-state index in [0.29, 0.717) is 13.0 Å². The highest BCUT2D eigenvalue weighted by atomic mass is 16.4. The number of carboxylic acid groups (broad SMARTS) is 1. The SMILES string of the molecule is C=CCNC(CC(C)c1ccccc1)C(=O)O. The topological polar surface area (TPSA) is 49.3 Å². The first-order valence-electron chi connectivity index (χ1n) is 5.77. The molecule has 0 radical (unpaired) electrons. The van der Waals surface area contributed by atoms with Crippen molar-refractivity contribution in [3.8, 4) is 0 Å². The van der Waals surface area contributed by atoms with Crippen molar-refractivity contribution in [2.45, 2.75) is 25.3 Å². The van der Waals surface area contributed by atoms with Gasteiger partial charge in [-0.05, 0) is 17.9 Å². The van der Waals surface area contributed by atoms with Crippen molar-refractivity contribution in [2.24, 2.45) is 0 Å². The van der Waals surface area contributed by atoms with Crippen LogP contribution in [0.2, 0.25) is 0 Å². The molecule has 2 atom stereocenters. The lowest BCUT2D eigenvalue weighted by molar-refractivity contribution is -0.139. The molecule has 1 aromatic rings. The Balaban J connectivity index is 2.60. The van der Waals surface area contributed by atoms with Gasteiger partial charge in [-0.25, -0.2) is 0 Å². The maximum atomic E-state index is 11.1. The van der Waals surface area contributed by atoms with Gasteiger partial charge in [0.1, 0.15) is 6.04 Å². The van der Waals surface area contributed by atoms with Gasteiger partial charge in [-0.2, -0.15) is 0 Å². The number of rotatable bonds is 7. The molecule has 1 aromatic carbocycles. The molecule has 0 heterocycles. The van der Waals surface area contributed by atoms with Gasteiger partial charge in [0, 0.05) is 6.54 Å². The first-order valence-corrected chi connectivity index (χ1v) is 5.77. The van der Waals surface area contributed by atoms with Crippen molar-refractivity contribution in [3.05, 3.63) is 48.6 Å². The average Bonchev–Trinajstić information content (AvgIpc) is 2.35. The smallest absolute Gasteiger partial charge is 0.320 e. The Labute approximate surface area is 102 Å². The Morgan fingerprint density at radius 2 is 2.12 bits per heavy atom. The number of hydrogen-bond donors (Lipinski definition) is 2. The van der Waals surface area contributed by atoms with E-state index < -0.39 is 12.0 Å². The first kappa shape index (κ1) is 13.5. The van der Waals surface area contributed by atoms with E-state index in [-0.39, 0.29) is 5.92 Å². The fourth-order valence-electron chi connectivity index (χ4n) is 1.77. The lowest BCUT2D eigenvalue weighted by atomic mass is 9.94. The monoisotopic (exact) mass is 233 g/mol. The highest BCUT2D eigenvalue weighted by Crippen LogP contribution is 2.20. The molecule has 0 fully saturated rings. The van der Waals surface area contributed by atoms with Crippen LogP contribution < -0.4 is 5.32 Å². The molecule has 0 spiro atoms. The number of aliphatic carboxylic acids is 1. The molecule has 1 rings (SSSR count). The molecule has 3 heteroatoms. The first-order chi connectivity index (χ1) is 8.15. The summed E-state index contributed by atoms with van der Waals surface area (Å²) >= 11 is 0. The van der Waals surface area contributed by atoms with Gasteiger partial charge in [0.25, 0.3) is 0 Å². The third kappa shape index (κ3) is 4.41. The Kier molecular flexibility index (Phi) is 5.43. The van der Waals surface area contributed by atoms with Crippen molar-refractivity contribution in [1.29, 1.82) is 0 Å². The van der Waals surface area contributed by atoms with Crippen molar-refractivity contribution in [1.82, 2.24) is 5.32 Å². The van der Waals surface area contributed by atoms with E-state index >= 15 is 0 Å². The summed E-state index contributed by atoms with van der Waals surface area (Å²) in [6.45, 7) is 6.13. The molecule has 17 heavy (non-hydrogen) atoms. The number of benzene rings is 1. The molecule has 0 amide bonds. The summed E-state index contributed by atoms with van der Waals surface area (Å²) in [4.78, 5) is 11.1. The average molecular weight is 233 g/mol. The van der Waals surface area contributed by atoms with E-state index in [0.717, 1.165) is 0 Å². The van der Waals surface area contributed by atoms with Gasteiger partial charge in [-0.15, -0.1) is 6.58 Å². The quantitative estimate of drug-likeness (QED) is 0.711. The second-order valence-electron chi connectivity index (χ2n) is 4.14. The summed E-state index contributed by atoms with van der Waals surface area (Å²) in [6, 6.07) is 9.43. The Morgan fingerprint density at radius 3 is 2.65 bits per heavy atom. The van der Waals surface area contributed by atoms with Crippen molar-refractivity contribution in [2.75, 3.05) is 6.54 Å². The van der Waals surface area contributed by atoms with Gasteiger partial charge in [-0.3, -0.25) is 4.79 Å². The second-order valence-corrected chi connectivity index (χ2v) is 4.14.